The van der Waals surface area contributed by atoms with Crippen LogP contribution in [0.5, 0.6) is 5.75 Å². The second kappa shape index (κ2) is 8.91. The quantitative estimate of drug-likeness (QED) is 0.800. The van der Waals surface area contributed by atoms with Crippen molar-refractivity contribution in [2.24, 2.45) is 0 Å². The smallest absolute Gasteiger partial charge is 0.253 e. The molecule has 1 aliphatic rings. The third-order valence-corrected chi connectivity index (χ3v) is 5.44. The van der Waals surface area contributed by atoms with Crippen LogP contribution in [0, 0.1) is 13.8 Å². The summed E-state index contributed by atoms with van der Waals surface area (Å²) in [5.74, 6) is 0.996. The number of aryl methyl sites for hydroxylation is 3. The van der Waals surface area contributed by atoms with Gasteiger partial charge in [-0.2, -0.15) is 0 Å². The molecule has 2 aromatic carbocycles. The van der Waals surface area contributed by atoms with Gasteiger partial charge in [0, 0.05) is 38.2 Å². The Hall–Kier alpha value is -2.82. The number of hydrogen-bond acceptors (Lipinski definition) is 3. The lowest BCUT2D eigenvalue weighted by Crippen LogP contribution is -2.50. The minimum absolute atomic E-state index is 0.0478. The molecule has 1 heterocycles. The fourth-order valence-corrected chi connectivity index (χ4v) is 3.45. The summed E-state index contributed by atoms with van der Waals surface area (Å²) in [5.41, 5.74) is 4.12. The first-order valence-corrected chi connectivity index (χ1v) is 9.75. The number of amides is 2. The van der Waals surface area contributed by atoms with Gasteiger partial charge in [-0.15, -0.1) is 0 Å². The Bertz CT molecular complexity index is 855. The summed E-state index contributed by atoms with van der Waals surface area (Å²) in [6.45, 7) is 6.40. The van der Waals surface area contributed by atoms with Crippen molar-refractivity contribution in [3.8, 4) is 5.75 Å². The molecule has 1 fully saturated rings. The Balaban J connectivity index is 1.50. The summed E-state index contributed by atoms with van der Waals surface area (Å²) >= 11 is 0. The highest BCUT2D eigenvalue weighted by Crippen LogP contribution is 2.16. The van der Waals surface area contributed by atoms with Crippen LogP contribution in [0.2, 0.25) is 0 Å². The van der Waals surface area contributed by atoms with E-state index in [2.05, 4.69) is 0 Å². The van der Waals surface area contributed by atoms with Crippen molar-refractivity contribution in [2.45, 2.75) is 26.7 Å². The summed E-state index contributed by atoms with van der Waals surface area (Å²) in [7, 11) is 1.64. The van der Waals surface area contributed by atoms with Gasteiger partial charge in [0.25, 0.3) is 5.91 Å². The van der Waals surface area contributed by atoms with Crippen molar-refractivity contribution in [1.82, 2.24) is 9.80 Å². The van der Waals surface area contributed by atoms with E-state index in [-0.39, 0.29) is 11.8 Å². The largest absolute Gasteiger partial charge is 0.497 e. The fraction of sp³-hybridized carbons (Fsp3) is 0.391. The maximum atomic E-state index is 12.7. The van der Waals surface area contributed by atoms with Crippen molar-refractivity contribution >= 4 is 11.8 Å². The lowest BCUT2D eigenvalue weighted by molar-refractivity contribution is -0.132. The van der Waals surface area contributed by atoms with Gasteiger partial charge in [0.05, 0.1) is 7.11 Å². The number of hydrogen-bond donors (Lipinski definition) is 0. The first kappa shape index (κ1) is 19.9. The molecular weight excluding hydrogens is 352 g/mol. The van der Waals surface area contributed by atoms with Crippen molar-refractivity contribution < 1.29 is 14.3 Å². The number of nitrogens with zero attached hydrogens (tertiary/aromatic N) is 2. The molecule has 0 aliphatic carbocycles. The lowest BCUT2D eigenvalue weighted by Gasteiger charge is -2.35. The van der Waals surface area contributed by atoms with E-state index in [1.54, 1.807) is 7.11 Å². The van der Waals surface area contributed by atoms with Crippen LogP contribution in [0.1, 0.15) is 33.5 Å². The molecule has 0 N–H and O–H groups in total. The van der Waals surface area contributed by atoms with Gasteiger partial charge in [-0.05, 0) is 61.2 Å². The molecule has 5 nitrogen and oxygen atoms in total. The van der Waals surface area contributed by atoms with Gasteiger partial charge in [-0.3, -0.25) is 9.59 Å². The average molecular weight is 380 g/mol. The Morgan fingerprint density at radius 3 is 2.32 bits per heavy atom. The zero-order chi connectivity index (χ0) is 20.1. The number of rotatable bonds is 5. The summed E-state index contributed by atoms with van der Waals surface area (Å²) in [4.78, 5) is 29.0. The number of benzene rings is 2. The fourth-order valence-electron chi connectivity index (χ4n) is 3.45. The molecule has 28 heavy (non-hydrogen) atoms. The molecule has 1 aliphatic heterocycles. The topological polar surface area (TPSA) is 49.9 Å². The normalized spacial score (nSPS) is 14.1. The highest BCUT2D eigenvalue weighted by molar-refractivity contribution is 5.94. The van der Waals surface area contributed by atoms with Gasteiger partial charge in [-0.1, -0.05) is 18.2 Å². The molecule has 5 heteroatoms. The Labute approximate surface area is 166 Å². The molecule has 2 amide bonds. The standard InChI is InChI=1S/C23H28N2O3/c1-17-7-9-20(15-18(17)2)23(27)25-13-11-24(12-14-25)22(26)10-8-19-5-4-6-21(16-19)28-3/h4-7,9,15-16H,8,10-14H2,1-3H3. The van der Waals surface area contributed by atoms with Crippen LogP contribution >= 0.6 is 0 Å². The molecule has 0 saturated carbocycles. The Morgan fingerprint density at radius 1 is 0.929 bits per heavy atom. The van der Waals surface area contributed by atoms with Gasteiger partial charge in [0.15, 0.2) is 0 Å². The second-order valence-electron chi connectivity index (χ2n) is 7.32. The van der Waals surface area contributed by atoms with Crippen LogP contribution in [0.15, 0.2) is 42.5 Å². The maximum Gasteiger partial charge on any atom is 0.253 e. The number of carbonyl (C=O) groups is 2. The highest BCUT2D eigenvalue weighted by Gasteiger charge is 2.24. The molecule has 0 unspecified atom stereocenters. The second-order valence-corrected chi connectivity index (χ2v) is 7.32. The van der Waals surface area contributed by atoms with Crippen LogP contribution in [0.25, 0.3) is 0 Å². The third-order valence-electron chi connectivity index (χ3n) is 5.44. The summed E-state index contributed by atoms with van der Waals surface area (Å²) in [6, 6.07) is 13.6. The Kier molecular flexibility index (Phi) is 6.34. The SMILES string of the molecule is COc1cccc(CCC(=O)N2CCN(C(=O)c3ccc(C)c(C)c3)CC2)c1. The van der Waals surface area contributed by atoms with E-state index in [9.17, 15) is 9.59 Å². The van der Waals surface area contributed by atoms with Gasteiger partial charge < -0.3 is 14.5 Å². The summed E-state index contributed by atoms with van der Waals surface area (Å²) in [6.07, 6.45) is 1.16. The summed E-state index contributed by atoms with van der Waals surface area (Å²) in [5, 5.41) is 0. The molecular formula is C23H28N2O3. The number of carbonyl (C=O) groups excluding carboxylic acids is 2. The van der Waals surface area contributed by atoms with E-state index < -0.39 is 0 Å². The third kappa shape index (κ3) is 4.71. The van der Waals surface area contributed by atoms with Crippen LogP contribution < -0.4 is 4.74 Å². The van der Waals surface area contributed by atoms with Crippen molar-refractivity contribution in [3.05, 3.63) is 64.7 Å². The molecule has 3 rings (SSSR count). The number of piperazine rings is 1. The van der Waals surface area contributed by atoms with Crippen LogP contribution in [0.4, 0.5) is 0 Å². The molecule has 2 aromatic rings. The molecule has 1 saturated heterocycles. The number of ether oxygens (including phenoxy) is 1. The van der Waals surface area contributed by atoms with Gasteiger partial charge in [0.2, 0.25) is 5.91 Å². The van der Waals surface area contributed by atoms with Gasteiger partial charge >= 0.3 is 0 Å². The predicted molar refractivity (Wildman–Crippen MR) is 110 cm³/mol. The van der Waals surface area contributed by atoms with Crippen molar-refractivity contribution in [1.29, 1.82) is 0 Å². The van der Waals surface area contributed by atoms with E-state index in [0.717, 1.165) is 22.4 Å². The predicted octanol–water partition coefficient (Wildman–Crippen LogP) is 3.23. The first-order valence-electron chi connectivity index (χ1n) is 9.75. The molecule has 0 bridgehead atoms. The van der Waals surface area contributed by atoms with E-state index in [4.69, 9.17) is 4.74 Å². The molecule has 0 atom stereocenters. The molecule has 0 radical (unpaired) electrons. The minimum Gasteiger partial charge on any atom is -0.497 e. The van der Waals surface area contributed by atoms with E-state index in [0.29, 0.717) is 39.0 Å². The monoisotopic (exact) mass is 380 g/mol. The van der Waals surface area contributed by atoms with Crippen LogP contribution in [-0.4, -0.2) is 54.9 Å². The molecule has 0 aromatic heterocycles. The molecule has 0 spiro atoms. The highest BCUT2D eigenvalue weighted by atomic mass is 16.5. The average Bonchev–Trinajstić information content (AvgIpc) is 2.73. The number of methoxy groups -OCH3 is 1. The van der Waals surface area contributed by atoms with E-state index >= 15 is 0 Å². The van der Waals surface area contributed by atoms with Crippen molar-refractivity contribution in [2.75, 3.05) is 33.3 Å². The van der Waals surface area contributed by atoms with Gasteiger partial charge in [0.1, 0.15) is 5.75 Å². The Morgan fingerprint density at radius 2 is 1.64 bits per heavy atom. The lowest BCUT2D eigenvalue weighted by atomic mass is 10.1. The van der Waals surface area contributed by atoms with Crippen LogP contribution in [0.3, 0.4) is 0 Å². The van der Waals surface area contributed by atoms with E-state index in [1.807, 2.05) is 66.1 Å². The minimum atomic E-state index is 0.0478. The maximum absolute atomic E-state index is 12.7. The van der Waals surface area contributed by atoms with E-state index in [1.165, 1.54) is 5.56 Å². The van der Waals surface area contributed by atoms with Gasteiger partial charge in [-0.25, -0.2) is 0 Å². The zero-order valence-electron chi connectivity index (χ0n) is 16.9. The van der Waals surface area contributed by atoms with Crippen LogP contribution in [-0.2, 0) is 11.2 Å². The zero-order valence-corrected chi connectivity index (χ0v) is 16.9. The summed E-state index contributed by atoms with van der Waals surface area (Å²) < 4.78 is 5.23. The molecule has 148 valence electrons. The first-order chi connectivity index (χ1) is 13.5. The van der Waals surface area contributed by atoms with Crippen molar-refractivity contribution in [3.63, 3.8) is 0 Å².